The Hall–Kier alpha value is -2.32. The zero-order chi connectivity index (χ0) is 19.9. The highest BCUT2D eigenvalue weighted by molar-refractivity contribution is 7.91. The van der Waals surface area contributed by atoms with Gasteiger partial charge in [-0.2, -0.15) is 0 Å². The molecule has 0 bridgehead atoms. The molecule has 0 radical (unpaired) electrons. The minimum atomic E-state index is -2.93. The van der Waals surface area contributed by atoms with Crippen LogP contribution in [-0.4, -0.2) is 36.6 Å². The third-order valence-electron chi connectivity index (χ3n) is 5.19. The monoisotopic (exact) mass is 417 g/mol. The zero-order valence-corrected chi connectivity index (χ0v) is 17.7. The number of benzene rings is 1. The minimum Gasteiger partial charge on any atom is -0.495 e. The Morgan fingerprint density at radius 2 is 2.07 bits per heavy atom. The van der Waals surface area contributed by atoms with Gasteiger partial charge in [-0.05, 0) is 38.5 Å². The Balaban J connectivity index is 1.62. The van der Waals surface area contributed by atoms with E-state index in [9.17, 15) is 8.42 Å². The average molecular weight is 418 g/mol. The van der Waals surface area contributed by atoms with Crippen molar-refractivity contribution < 1.29 is 13.2 Å². The highest BCUT2D eigenvalue weighted by Crippen LogP contribution is 2.36. The van der Waals surface area contributed by atoms with Gasteiger partial charge in [-0.15, -0.1) is 11.3 Å². The van der Waals surface area contributed by atoms with Crippen LogP contribution in [0.3, 0.4) is 0 Å². The lowest BCUT2D eigenvalue weighted by Crippen LogP contribution is -2.13. The number of thiazole rings is 1. The summed E-state index contributed by atoms with van der Waals surface area (Å²) >= 11 is 1.53. The summed E-state index contributed by atoms with van der Waals surface area (Å²) < 4.78 is 31.3. The maximum Gasteiger partial charge on any atom is 0.187 e. The first-order valence-corrected chi connectivity index (χ1v) is 11.8. The molecular formula is C20H23N3O3S2. The van der Waals surface area contributed by atoms with Gasteiger partial charge >= 0.3 is 0 Å². The molecule has 6 nitrogen and oxygen atoms in total. The van der Waals surface area contributed by atoms with E-state index >= 15 is 0 Å². The van der Waals surface area contributed by atoms with Crippen molar-refractivity contribution in [3.05, 3.63) is 47.1 Å². The molecule has 148 valence electrons. The van der Waals surface area contributed by atoms with Crippen molar-refractivity contribution in [1.82, 2.24) is 9.55 Å². The summed E-state index contributed by atoms with van der Waals surface area (Å²) in [4.78, 5) is 4.74. The zero-order valence-electron chi connectivity index (χ0n) is 16.1. The third-order valence-corrected chi connectivity index (χ3v) is 7.69. The Labute approximate surface area is 169 Å². The lowest BCUT2D eigenvalue weighted by molar-refractivity contribution is 0.417. The summed E-state index contributed by atoms with van der Waals surface area (Å²) in [6.07, 6.45) is 0.676. The molecule has 1 N–H and O–H groups in total. The van der Waals surface area contributed by atoms with Gasteiger partial charge in [-0.25, -0.2) is 13.4 Å². The fraction of sp³-hybridized carbons (Fsp3) is 0.350. The lowest BCUT2D eigenvalue weighted by atomic mass is 10.2. The molecule has 1 saturated heterocycles. The number of nitrogens with zero attached hydrogens (tertiary/aromatic N) is 2. The van der Waals surface area contributed by atoms with E-state index in [4.69, 9.17) is 9.72 Å². The molecule has 0 unspecified atom stereocenters. The summed E-state index contributed by atoms with van der Waals surface area (Å²) in [5.74, 6) is 1.26. The van der Waals surface area contributed by atoms with Crippen molar-refractivity contribution in [1.29, 1.82) is 0 Å². The molecule has 1 aliphatic rings. The van der Waals surface area contributed by atoms with Gasteiger partial charge in [0.1, 0.15) is 5.75 Å². The summed E-state index contributed by atoms with van der Waals surface area (Å²) in [6, 6.07) is 9.84. The molecule has 3 heterocycles. The van der Waals surface area contributed by atoms with Crippen LogP contribution in [0.2, 0.25) is 0 Å². The number of methoxy groups -OCH3 is 1. The molecule has 0 spiro atoms. The fourth-order valence-corrected chi connectivity index (χ4v) is 6.32. The van der Waals surface area contributed by atoms with E-state index in [-0.39, 0.29) is 17.5 Å². The fourth-order valence-electron chi connectivity index (χ4n) is 3.90. The summed E-state index contributed by atoms with van der Waals surface area (Å²) in [5, 5.41) is 6.12. The molecule has 8 heteroatoms. The molecule has 4 rings (SSSR count). The number of aryl methyl sites for hydroxylation is 1. The molecular weight excluding hydrogens is 394 g/mol. The molecule has 3 aromatic rings. The summed E-state index contributed by atoms with van der Waals surface area (Å²) in [5.41, 5.74) is 4.94. The Kier molecular flexibility index (Phi) is 4.93. The van der Waals surface area contributed by atoms with Gasteiger partial charge in [0.15, 0.2) is 15.0 Å². The number of aromatic nitrogens is 2. The van der Waals surface area contributed by atoms with Gasteiger partial charge in [-0.3, -0.25) is 0 Å². The number of para-hydroxylation sites is 2. The lowest BCUT2D eigenvalue weighted by Gasteiger charge is -2.16. The van der Waals surface area contributed by atoms with Crippen LogP contribution in [0.15, 0.2) is 35.7 Å². The quantitative estimate of drug-likeness (QED) is 0.668. The molecule has 0 saturated carbocycles. The van der Waals surface area contributed by atoms with Crippen molar-refractivity contribution >= 4 is 32.0 Å². The second-order valence-electron chi connectivity index (χ2n) is 7.07. The number of hydrogen-bond acceptors (Lipinski definition) is 6. The smallest absolute Gasteiger partial charge is 0.187 e. The largest absolute Gasteiger partial charge is 0.495 e. The first-order chi connectivity index (χ1) is 13.4. The molecule has 1 aromatic carbocycles. The standard InChI is InChI=1S/C20H23N3O3S2/c1-13-10-16(14(2)23(13)15-8-9-28(24,25)12-15)18-11-27-20(22-18)21-17-6-4-5-7-19(17)26-3/h4-7,10-11,15H,8-9,12H2,1-3H3,(H,21,22)/t15-/m1/s1. The van der Waals surface area contributed by atoms with Crippen molar-refractivity contribution in [3.8, 4) is 17.0 Å². The molecule has 2 aromatic heterocycles. The maximum absolute atomic E-state index is 11.9. The van der Waals surface area contributed by atoms with E-state index in [1.807, 2.05) is 43.5 Å². The topological polar surface area (TPSA) is 73.2 Å². The molecule has 0 aliphatic carbocycles. The van der Waals surface area contributed by atoms with Crippen LogP contribution in [0.4, 0.5) is 10.8 Å². The van der Waals surface area contributed by atoms with Gasteiger partial charge in [-0.1, -0.05) is 12.1 Å². The average Bonchev–Trinajstić information content (AvgIpc) is 3.33. The van der Waals surface area contributed by atoms with Crippen LogP contribution in [0.5, 0.6) is 5.75 Å². The number of anilines is 2. The summed E-state index contributed by atoms with van der Waals surface area (Å²) in [7, 11) is -1.28. The Bertz CT molecular complexity index is 1120. The van der Waals surface area contributed by atoms with Crippen molar-refractivity contribution in [2.45, 2.75) is 26.3 Å². The van der Waals surface area contributed by atoms with Crippen LogP contribution in [0.25, 0.3) is 11.3 Å². The SMILES string of the molecule is COc1ccccc1Nc1nc(-c2cc(C)n([C@@H]3CCS(=O)(=O)C3)c2C)cs1. The predicted molar refractivity (Wildman–Crippen MR) is 114 cm³/mol. The van der Waals surface area contributed by atoms with Crippen LogP contribution in [-0.2, 0) is 9.84 Å². The Morgan fingerprint density at radius 3 is 2.79 bits per heavy atom. The van der Waals surface area contributed by atoms with Crippen LogP contribution < -0.4 is 10.1 Å². The summed E-state index contributed by atoms with van der Waals surface area (Å²) in [6.45, 7) is 4.07. The first kappa shape index (κ1) is 19.0. The van der Waals surface area contributed by atoms with Crippen LogP contribution >= 0.6 is 11.3 Å². The predicted octanol–water partition coefficient (Wildman–Crippen LogP) is 4.34. The third kappa shape index (κ3) is 3.54. The minimum absolute atomic E-state index is 0.0172. The van der Waals surface area contributed by atoms with E-state index < -0.39 is 9.84 Å². The van der Waals surface area contributed by atoms with Crippen molar-refractivity contribution in [2.24, 2.45) is 0 Å². The normalized spacial score (nSPS) is 18.3. The van der Waals surface area contributed by atoms with Gasteiger partial charge in [0, 0.05) is 28.4 Å². The number of rotatable bonds is 5. The maximum atomic E-state index is 11.9. The van der Waals surface area contributed by atoms with Gasteiger partial charge in [0.05, 0.1) is 30.0 Å². The second-order valence-corrected chi connectivity index (χ2v) is 10.2. The van der Waals surface area contributed by atoms with Gasteiger partial charge in [0.2, 0.25) is 0 Å². The van der Waals surface area contributed by atoms with E-state index in [1.54, 1.807) is 7.11 Å². The van der Waals surface area contributed by atoms with Crippen molar-refractivity contribution in [2.75, 3.05) is 23.9 Å². The Morgan fingerprint density at radius 1 is 1.29 bits per heavy atom. The van der Waals surface area contributed by atoms with Crippen LogP contribution in [0.1, 0.15) is 23.9 Å². The first-order valence-electron chi connectivity index (χ1n) is 9.13. The second kappa shape index (κ2) is 7.25. The number of hydrogen-bond donors (Lipinski definition) is 1. The highest BCUT2D eigenvalue weighted by Gasteiger charge is 2.31. The van der Waals surface area contributed by atoms with Crippen molar-refractivity contribution in [3.63, 3.8) is 0 Å². The van der Waals surface area contributed by atoms with E-state index in [2.05, 4.69) is 16.0 Å². The number of nitrogens with one attached hydrogen (secondary N) is 1. The van der Waals surface area contributed by atoms with E-state index in [0.717, 1.165) is 39.2 Å². The van der Waals surface area contributed by atoms with Gasteiger partial charge < -0.3 is 14.6 Å². The molecule has 1 atom stereocenters. The van der Waals surface area contributed by atoms with E-state index in [0.29, 0.717) is 6.42 Å². The number of sulfone groups is 1. The molecule has 1 fully saturated rings. The molecule has 1 aliphatic heterocycles. The highest BCUT2D eigenvalue weighted by atomic mass is 32.2. The van der Waals surface area contributed by atoms with Crippen LogP contribution in [0, 0.1) is 13.8 Å². The number of ether oxygens (including phenoxy) is 1. The molecule has 0 amide bonds. The van der Waals surface area contributed by atoms with E-state index in [1.165, 1.54) is 11.3 Å². The molecule has 28 heavy (non-hydrogen) atoms. The van der Waals surface area contributed by atoms with Gasteiger partial charge in [0.25, 0.3) is 0 Å².